The largest absolute Gasteiger partial charge is 0.242 e. The van der Waals surface area contributed by atoms with E-state index in [0.717, 1.165) is 6.20 Å². The van der Waals surface area contributed by atoms with Crippen LogP contribution in [0.5, 0.6) is 0 Å². The van der Waals surface area contributed by atoms with Crippen molar-refractivity contribution in [3.8, 4) is 0 Å². The fourth-order valence-corrected chi connectivity index (χ4v) is 2.13. The molecule has 0 aliphatic heterocycles. The molecule has 0 saturated carbocycles. The van der Waals surface area contributed by atoms with Crippen molar-refractivity contribution in [3.05, 3.63) is 59.2 Å². The van der Waals surface area contributed by atoms with Gasteiger partial charge in [0, 0.05) is 10.9 Å². The number of rotatable bonds is 2. The zero-order valence-corrected chi connectivity index (χ0v) is 10.6. The summed E-state index contributed by atoms with van der Waals surface area (Å²) in [7, 11) is 0. The molecule has 0 spiro atoms. The number of halogens is 3. The SMILES string of the molecule is Cc1nn(Cc2c(F)cccc2F)c2ncc(F)cc12. The summed E-state index contributed by atoms with van der Waals surface area (Å²) in [6.45, 7) is 1.60. The second-order valence-corrected chi connectivity index (χ2v) is 4.47. The summed E-state index contributed by atoms with van der Waals surface area (Å²) in [6.07, 6.45) is 1.05. The van der Waals surface area contributed by atoms with E-state index < -0.39 is 17.5 Å². The van der Waals surface area contributed by atoms with Gasteiger partial charge in [-0.25, -0.2) is 22.8 Å². The normalized spacial score (nSPS) is 11.2. The molecule has 6 heteroatoms. The van der Waals surface area contributed by atoms with Crippen molar-refractivity contribution >= 4 is 11.0 Å². The molecule has 0 amide bonds. The van der Waals surface area contributed by atoms with E-state index in [-0.39, 0.29) is 12.1 Å². The Morgan fingerprint density at radius 3 is 2.55 bits per heavy atom. The minimum atomic E-state index is -0.645. The molecular formula is C14H10F3N3. The van der Waals surface area contributed by atoms with Crippen LogP contribution in [0.3, 0.4) is 0 Å². The number of pyridine rings is 1. The maximum absolute atomic E-state index is 13.6. The summed E-state index contributed by atoms with van der Waals surface area (Å²) in [5, 5.41) is 4.69. The van der Waals surface area contributed by atoms with Gasteiger partial charge >= 0.3 is 0 Å². The summed E-state index contributed by atoms with van der Waals surface area (Å²) in [6, 6.07) is 4.97. The third-order valence-electron chi connectivity index (χ3n) is 3.11. The van der Waals surface area contributed by atoms with E-state index in [0.29, 0.717) is 16.7 Å². The molecule has 0 aliphatic rings. The molecule has 3 rings (SSSR count). The third-order valence-corrected chi connectivity index (χ3v) is 3.11. The van der Waals surface area contributed by atoms with Gasteiger partial charge in [0.25, 0.3) is 0 Å². The molecule has 0 aliphatic carbocycles. The second kappa shape index (κ2) is 4.63. The minimum Gasteiger partial charge on any atom is -0.242 e. The van der Waals surface area contributed by atoms with Crippen molar-refractivity contribution in [2.45, 2.75) is 13.5 Å². The molecule has 0 fully saturated rings. The van der Waals surface area contributed by atoms with Crippen molar-refractivity contribution in [2.24, 2.45) is 0 Å². The fourth-order valence-electron chi connectivity index (χ4n) is 2.13. The van der Waals surface area contributed by atoms with Gasteiger partial charge in [-0.3, -0.25) is 0 Å². The Balaban J connectivity index is 2.12. The Kier molecular flexibility index (Phi) is 2.93. The number of aromatic nitrogens is 3. The highest BCUT2D eigenvalue weighted by atomic mass is 19.1. The van der Waals surface area contributed by atoms with Crippen LogP contribution in [-0.2, 0) is 6.54 Å². The van der Waals surface area contributed by atoms with Gasteiger partial charge in [-0.05, 0) is 25.1 Å². The van der Waals surface area contributed by atoms with Gasteiger partial charge in [-0.15, -0.1) is 0 Å². The van der Waals surface area contributed by atoms with Crippen molar-refractivity contribution in [2.75, 3.05) is 0 Å². The van der Waals surface area contributed by atoms with Crippen molar-refractivity contribution in [1.29, 1.82) is 0 Å². The van der Waals surface area contributed by atoms with Crippen molar-refractivity contribution < 1.29 is 13.2 Å². The molecule has 0 atom stereocenters. The highest BCUT2D eigenvalue weighted by Crippen LogP contribution is 2.20. The summed E-state index contributed by atoms with van der Waals surface area (Å²) >= 11 is 0. The zero-order chi connectivity index (χ0) is 14.3. The molecule has 0 bridgehead atoms. The van der Waals surface area contributed by atoms with Gasteiger partial charge in [0.05, 0.1) is 18.4 Å². The highest BCUT2D eigenvalue weighted by Gasteiger charge is 2.14. The van der Waals surface area contributed by atoms with Crippen molar-refractivity contribution in [1.82, 2.24) is 14.8 Å². The van der Waals surface area contributed by atoms with Crippen LogP contribution >= 0.6 is 0 Å². The van der Waals surface area contributed by atoms with E-state index in [1.165, 1.54) is 28.9 Å². The first-order valence-corrected chi connectivity index (χ1v) is 5.98. The van der Waals surface area contributed by atoms with E-state index in [1.54, 1.807) is 6.92 Å². The smallest absolute Gasteiger partial charge is 0.158 e. The van der Waals surface area contributed by atoms with Gasteiger partial charge in [-0.2, -0.15) is 5.10 Å². The Hall–Kier alpha value is -2.37. The molecule has 3 nitrogen and oxygen atoms in total. The molecular weight excluding hydrogens is 267 g/mol. The van der Waals surface area contributed by atoms with E-state index in [2.05, 4.69) is 10.1 Å². The molecule has 20 heavy (non-hydrogen) atoms. The van der Waals surface area contributed by atoms with Crippen LogP contribution in [0.1, 0.15) is 11.3 Å². The molecule has 3 aromatic rings. The van der Waals surface area contributed by atoms with E-state index in [1.807, 2.05) is 0 Å². The minimum absolute atomic E-state index is 0.0944. The monoisotopic (exact) mass is 277 g/mol. The average Bonchev–Trinajstić information content (AvgIpc) is 2.70. The van der Waals surface area contributed by atoms with Crippen LogP contribution in [0.25, 0.3) is 11.0 Å². The Morgan fingerprint density at radius 2 is 1.85 bits per heavy atom. The lowest BCUT2D eigenvalue weighted by molar-refractivity contribution is 0.535. The number of aryl methyl sites for hydroxylation is 1. The fraction of sp³-hybridized carbons (Fsp3) is 0.143. The number of hydrogen-bond donors (Lipinski definition) is 0. The lowest BCUT2D eigenvalue weighted by atomic mass is 10.2. The van der Waals surface area contributed by atoms with Gasteiger partial charge in [0.15, 0.2) is 5.65 Å². The maximum atomic E-state index is 13.6. The lowest BCUT2D eigenvalue weighted by Crippen LogP contribution is -2.07. The van der Waals surface area contributed by atoms with Crippen LogP contribution in [0, 0.1) is 24.4 Å². The van der Waals surface area contributed by atoms with E-state index in [9.17, 15) is 13.2 Å². The summed E-state index contributed by atoms with van der Waals surface area (Å²) < 4.78 is 41.8. The van der Waals surface area contributed by atoms with Crippen LogP contribution < -0.4 is 0 Å². The standard InChI is InChI=1S/C14H10F3N3/c1-8-10-5-9(15)6-18-14(10)20(19-8)7-11-12(16)3-2-4-13(11)17/h2-6H,7H2,1H3. The van der Waals surface area contributed by atoms with Gasteiger partial charge in [-0.1, -0.05) is 6.07 Å². The van der Waals surface area contributed by atoms with Gasteiger partial charge in [0.1, 0.15) is 17.5 Å². The topological polar surface area (TPSA) is 30.7 Å². The third kappa shape index (κ3) is 2.03. The molecule has 0 unspecified atom stereocenters. The first-order valence-electron chi connectivity index (χ1n) is 5.98. The van der Waals surface area contributed by atoms with E-state index in [4.69, 9.17) is 0 Å². The predicted octanol–water partition coefficient (Wildman–Crippen LogP) is 3.21. The molecule has 0 radical (unpaired) electrons. The second-order valence-electron chi connectivity index (χ2n) is 4.47. The molecule has 2 heterocycles. The van der Waals surface area contributed by atoms with Crippen molar-refractivity contribution in [3.63, 3.8) is 0 Å². The number of benzene rings is 1. The summed E-state index contributed by atoms with van der Waals surface area (Å²) in [5.74, 6) is -1.76. The van der Waals surface area contributed by atoms with Crippen LogP contribution in [0.2, 0.25) is 0 Å². The highest BCUT2D eigenvalue weighted by molar-refractivity contribution is 5.78. The Labute approximate surface area is 112 Å². The zero-order valence-electron chi connectivity index (χ0n) is 10.6. The molecule has 1 aromatic carbocycles. The molecule has 2 aromatic heterocycles. The Bertz CT molecular complexity index is 775. The lowest BCUT2D eigenvalue weighted by Gasteiger charge is -2.05. The van der Waals surface area contributed by atoms with Crippen LogP contribution in [0.4, 0.5) is 13.2 Å². The number of fused-ring (bicyclic) bond motifs is 1. The van der Waals surface area contributed by atoms with Crippen LogP contribution in [0.15, 0.2) is 30.5 Å². The summed E-state index contributed by atoms with van der Waals surface area (Å²) in [5.41, 5.74) is 0.860. The quantitative estimate of drug-likeness (QED) is 0.720. The average molecular weight is 277 g/mol. The number of hydrogen-bond acceptors (Lipinski definition) is 2. The molecule has 102 valence electrons. The molecule has 0 saturated heterocycles. The first-order chi connectivity index (χ1) is 9.56. The van der Waals surface area contributed by atoms with Crippen LogP contribution in [-0.4, -0.2) is 14.8 Å². The Morgan fingerprint density at radius 1 is 1.15 bits per heavy atom. The summed E-state index contributed by atoms with van der Waals surface area (Å²) in [4.78, 5) is 3.94. The van der Waals surface area contributed by atoms with E-state index >= 15 is 0 Å². The molecule has 0 N–H and O–H groups in total. The first kappa shape index (κ1) is 12.7. The maximum Gasteiger partial charge on any atom is 0.158 e. The number of nitrogens with zero attached hydrogens (tertiary/aromatic N) is 3. The van der Waals surface area contributed by atoms with Gasteiger partial charge < -0.3 is 0 Å². The van der Waals surface area contributed by atoms with Gasteiger partial charge in [0.2, 0.25) is 0 Å². The predicted molar refractivity (Wildman–Crippen MR) is 67.7 cm³/mol.